The number of benzene rings is 1. The molecule has 0 bridgehead atoms. The monoisotopic (exact) mass is 323 g/mol. The number of fused-ring (bicyclic) bond motifs is 1. The summed E-state index contributed by atoms with van der Waals surface area (Å²) in [4.78, 5) is 16.0. The van der Waals surface area contributed by atoms with Crippen LogP contribution in [-0.2, 0) is 17.6 Å². The number of halogens is 1. The number of nitrogens with one attached hydrogen (secondary N) is 2. The Bertz CT molecular complexity index is 642. The summed E-state index contributed by atoms with van der Waals surface area (Å²) in [6.45, 7) is 0.299. The van der Waals surface area contributed by atoms with Crippen molar-refractivity contribution in [3.63, 3.8) is 0 Å². The highest BCUT2D eigenvalue weighted by molar-refractivity contribution is 7.14. The second kappa shape index (κ2) is 7.02. The highest BCUT2D eigenvalue weighted by atomic mass is 35.5. The van der Waals surface area contributed by atoms with Gasteiger partial charge >= 0.3 is 0 Å². The molecule has 1 aliphatic rings. The third kappa shape index (κ3) is 3.61. The van der Waals surface area contributed by atoms with Crippen LogP contribution in [0.1, 0.15) is 17.5 Å². The van der Waals surface area contributed by atoms with Crippen LogP contribution in [0.3, 0.4) is 0 Å². The normalized spacial score (nSPS) is 12.6. The van der Waals surface area contributed by atoms with Crippen molar-refractivity contribution in [2.45, 2.75) is 19.3 Å². The maximum Gasteiger partial charge on any atom is 0.240 e. The van der Waals surface area contributed by atoms with Gasteiger partial charge in [-0.25, -0.2) is 4.98 Å². The van der Waals surface area contributed by atoms with Gasteiger partial charge in [-0.3, -0.25) is 4.79 Å². The lowest BCUT2D eigenvalue weighted by Crippen LogP contribution is -2.24. The van der Waals surface area contributed by atoms with Gasteiger partial charge in [-0.05, 0) is 43.5 Å². The van der Waals surface area contributed by atoms with Crippen molar-refractivity contribution in [2.75, 3.05) is 18.9 Å². The van der Waals surface area contributed by atoms with E-state index in [1.165, 1.54) is 41.7 Å². The van der Waals surface area contributed by atoms with Crippen molar-refractivity contribution in [3.05, 3.63) is 34.7 Å². The van der Waals surface area contributed by atoms with E-state index in [0.29, 0.717) is 11.7 Å². The van der Waals surface area contributed by atoms with Crippen LogP contribution in [0.2, 0.25) is 0 Å². The fourth-order valence-corrected chi connectivity index (χ4v) is 3.25. The molecule has 4 nitrogen and oxygen atoms in total. The van der Waals surface area contributed by atoms with Crippen LogP contribution in [0.15, 0.2) is 23.6 Å². The molecule has 0 atom stereocenters. The van der Waals surface area contributed by atoms with E-state index < -0.39 is 0 Å². The van der Waals surface area contributed by atoms with E-state index in [-0.39, 0.29) is 18.3 Å². The van der Waals surface area contributed by atoms with Crippen LogP contribution in [-0.4, -0.2) is 24.5 Å². The number of carbonyl (C=O) groups is 1. The average molecular weight is 324 g/mol. The summed E-state index contributed by atoms with van der Waals surface area (Å²) in [6.07, 6.45) is 3.61. The number of carbonyl (C=O) groups excluding carboxylic acids is 1. The average Bonchev–Trinajstić information content (AvgIpc) is 3.06. The standard InChI is InChI=1S/C15H17N3OS.ClH/c1-16-8-14(19)18-15-17-13(9-20-15)12-6-5-10-3-2-4-11(10)7-12;/h5-7,9,16H,2-4,8H2,1H3,(H,17,18,19);1H. The molecule has 0 saturated carbocycles. The molecule has 0 fully saturated rings. The van der Waals surface area contributed by atoms with Gasteiger partial charge in [0.15, 0.2) is 5.13 Å². The number of amides is 1. The van der Waals surface area contributed by atoms with Crippen LogP contribution >= 0.6 is 23.7 Å². The lowest BCUT2D eigenvalue weighted by Gasteiger charge is -2.02. The maximum atomic E-state index is 11.5. The highest BCUT2D eigenvalue weighted by Crippen LogP contribution is 2.29. The first-order valence-corrected chi connectivity index (χ1v) is 7.66. The summed E-state index contributed by atoms with van der Waals surface area (Å²) < 4.78 is 0. The fraction of sp³-hybridized carbons (Fsp3) is 0.333. The Balaban J connectivity index is 0.00000161. The Kier molecular flexibility index (Phi) is 5.33. The van der Waals surface area contributed by atoms with E-state index in [0.717, 1.165) is 11.3 Å². The largest absolute Gasteiger partial charge is 0.311 e. The molecule has 1 amide bonds. The van der Waals surface area contributed by atoms with Gasteiger partial charge in [-0.15, -0.1) is 23.7 Å². The minimum Gasteiger partial charge on any atom is -0.311 e. The number of aromatic nitrogens is 1. The van der Waals surface area contributed by atoms with Crippen LogP contribution in [0.5, 0.6) is 0 Å². The Labute approximate surface area is 134 Å². The summed E-state index contributed by atoms with van der Waals surface area (Å²) in [7, 11) is 1.75. The van der Waals surface area contributed by atoms with E-state index in [4.69, 9.17) is 0 Å². The van der Waals surface area contributed by atoms with Gasteiger partial charge < -0.3 is 10.6 Å². The number of aryl methyl sites for hydroxylation is 2. The Morgan fingerprint density at radius 3 is 2.95 bits per heavy atom. The molecule has 112 valence electrons. The first-order valence-electron chi connectivity index (χ1n) is 6.78. The van der Waals surface area contributed by atoms with Crippen molar-refractivity contribution in [1.29, 1.82) is 0 Å². The summed E-state index contributed by atoms with van der Waals surface area (Å²) in [5.74, 6) is -0.0673. The van der Waals surface area contributed by atoms with Crippen molar-refractivity contribution in [2.24, 2.45) is 0 Å². The number of hydrogen-bond donors (Lipinski definition) is 2. The van der Waals surface area contributed by atoms with Gasteiger partial charge in [-0.1, -0.05) is 12.1 Å². The Morgan fingerprint density at radius 1 is 1.33 bits per heavy atom. The summed E-state index contributed by atoms with van der Waals surface area (Å²) in [5, 5.41) is 8.26. The zero-order valence-electron chi connectivity index (χ0n) is 11.8. The van der Waals surface area contributed by atoms with E-state index in [1.54, 1.807) is 7.05 Å². The topological polar surface area (TPSA) is 54.0 Å². The van der Waals surface area contributed by atoms with E-state index in [9.17, 15) is 4.79 Å². The molecule has 3 rings (SSSR count). The predicted octanol–water partition coefficient (Wildman–Crippen LogP) is 2.88. The van der Waals surface area contributed by atoms with Gasteiger partial charge in [0.05, 0.1) is 12.2 Å². The molecular formula is C15H18ClN3OS. The van der Waals surface area contributed by atoms with Gasteiger partial charge in [-0.2, -0.15) is 0 Å². The molecule has 2 N–H and O–H groups in total. The zero-order chi connectivity index (χ0) is 13.9. The highest BCUT2D eigenvalue weighted by Gasteiger charge is 2.13. The number of nitrogens with zero attached hydrogens (tertiary/aromatic N) is 1. The molecule has 0 spiro atoms. The molecule has 1 aromatic carbocycles. The number of likely N-dealkylation sites (N-methyl/N-ethyl adjacent to an activating group) is 1. The van der Waals surface area contributed by atoms with Crippen molar-refractivity contribution >= 4 is 34.8 Å². The van der Waals surface area contributed by atoms with Gasteiger partial charge in [0.25, 0.3) is 0 Å². The molecule has 0 unspecified atom stereocenters. The molecule has 1 heterocycles. The number of thiazole rings is 1. The van der Waals surface area contributed by atoms with Crippen molar-refractivity contribution in [3.8, 4) is 11.3 Å². The van der Waals surface area contributed by atoms with E-state index >= 15 is 0 Å². The molecule has 0 aliphatic heterocycles. The quantitative estimate of drug-likeness (QED) is 0.909. The third-order valence-electron chi connectivity index (χ3n) is 3.48. The van der Waals surface area contributed by atoms with Crippen molar-refractivity contribution < 1.29 is 4.79 Å². The summed E-state index contributed by atoms with van der Waals surface area (Å²) in [5.41, 5.74) is 4.98. The third-order valence-corrected chi connectivity index (χ3v) is 4.24. The van der Waals surface area contributed by atoms with Crippen LogP contribution in [0, 0.1) is 0 Å². The number of hydrogen-bond acceptors (Lipinski definition) is 4. The molecule has 1 aromatic heterocycles. The molecule has 1 aliphatic carbocycles. The smallest absolute Gasteiger partial charge is 0.240 e. The molecule has 6 heteroatoms. The SMILES string of the molecule is CNCC(=O)Nc1nc(-c2ccc3c(c2)CCC3)cs1.Cl. The van der Waals surface area contributed by atoms with E-state index in [2.05, 4.69) is 33.8 Å². The summed E-state index contributed by atoms with van der Waals surface area (Å²) >= 11 is 1.46. The molecule has 0 radical (unpaired) electrons. The van der Waals surface area contributed by atoms with Gasteiger partial charge in [0.2, 0.25) is 5.91 Å². The maximum absolute atomic E-state index is 11.5. The van der Waals surface area contributed by atoms with Gasteiger partial charge in [0, 0.05) is 10.9 Å². The van der Waals surface area contributed by atoms with E-state index in [1.807, 2.05) is 5.38 Å². The van der Waals surface area contributed by atoms with Crippen molar-refractivity contribution in [1.82, 2.24) is 10.3 Å². The van der Waals surface area contributed by atoms with Crippen LogP contribution < -0.4 is 10.6 Å². The zero-order valence-corrected chi connectivity index (χ0v) is 13.4. The minimum absolute atomic E-state index is 0. The van der Waals surface area contributed by atoms with Crippen LogP contribution in [0.4, 0.5) is 5.13 Å². The Morgan fingerprint density at radius 2 is 2.14 bits per heavy atom. The number of rotatable bonds is 4. The molecular weight excluding hydrogens is 306 g/mol. The Hall–Kier alpha value is -1.43. The molecule has 0 saturated heterocycles. The van der Waals surface area contributed by atoms with Crippen LogP contribution in [0.25, 0.3) is 11.3 Å². The van der Waals surface area contributed by atoms with Gasteiger partial charge in [0.1, 0.15) is 0 Å². The predicted molar refractivity (Wildman–Crippen MR) is 89.4 cm³/mol. The first-order chi connectivity index (χ1) is 9.76. The number of anilines is 1. The second-order valence-electron chi connectivity index (χ2n) is 4.95. The second-order valence-corrected chi connectivity index (χ2v) is 5.81. The first kappa shape index (κ1) is 15.9. The molecule has 21 heavy (non-hydrogen) atoms. The lowest BCUT2D eigenvalue weighted by molar-refractivity contribution is -0.115. The lowest BCUT2D eigenvalue weighted by atomic mass is 10.1. The molecule has 2 aromatic rings. The fourth-order valence-electron chi connectivity index (χ4n) is 2.52. The minimum atomic E-state index is -0.0673. The summed E-state index contributed by atoms with van der Waals surface area (Å²) in [6, 6.07) is 6.56.